The lowest BCUT2D eigenvalue weighted by atomic mass is 10.0. The Morgan fingerprint density at radius 1 is 1.53 bits per heavy atom. The predicted octanol–water partition coefficient (Wildman–Crippen LogP) is 3.25. The number of halogens is 1. The minimum atomic E-state index is 0.140. The van der Waals surface area contributed by atoms with Crippen LogP contribution in [0.1, 0.15) is 12.8 Å². The Hall–Kier alpha value is -0.640. The van der Waals surface area contributed by atoms with Crippen LogP contribution < -0.4 is 5.32 Å². The van der Waals surface area contributed by atoms with Gasteiger partial charge in [-0.25, -0.2) is 0 Å². The molecule has 0 amide bonds. The van der Waals surface area contributed by atoms with Gasteiger partial charge in [-0.3, -0.25) is 0 Å². The van der Waals surface area contributed by atoms with Gasteiger partial charge in [0.2, 0.25) is 0 Å². The van der Waals surface area contributed by atoms with E-state index in [0.717, 1.165) is 25.9 Å². The van der Waals surface area contributed by atoms with Crippen molar-refractivity contribution in [2.24, 2.45) is 0 Å². The number of rotatable bonds is 3. The SMILES string of the molecule is CNCCN1C2=C(C=CC(Cl)C2)SC2=CC=CCC21. The third-order valence-corrected chi connectivity index (χ3v) is 5.30. The van der Waals surface area contributed by atoms with Crippen LogP contribution in [0.25, 0.3) is 0 Å². The molecule has 1 N–H and O–H groups in total. The summed E-state index contributed by atoms with van der Waals surface area (Å²) in [6, 6.07) is 0.512. The molecule has 102 valence electrons. The minimum Gasteiger partial charge on any atom is -0.365 e. The second-order valence-electron chi connectivity index (χ2n) is 5.04. The van der Waals surface area contributed by atoms with Crippen LogP contribution in [0.15, 0.2) is 45.9 Å². The molecule has 2 unspecified atom stereocenters. The molecule has 1 heterocycles. The molecule has 19 heavy (non-hydrogen) atoms. The van der Waals surface area contributed by atoms with Crippen LogP contribution in [0.5, 0.6) is 0 Å². The van der Waals surface area contributed by atoms with Gasteiger partial charge in [-0.2, -0.15) is 0 Å². The Balaban J connectivity index is 1.92. The van der Waals surface area contributed by atoms with Crippen LogP contribution in [0.4, 0.5) is 0 Å². The normalized spacial score (nSPS) is 29.2. The van der Waals surface area contributed by atoms with Crippen molar-refractivity contribution >= 4 is 23.4 Å². The lowest BCUT2D eigenvalue weighted by molar-refractivity contribution is 0.276. The summed E-state index contributed by atoms with van der Waals surface area (Å²) in [5, 5.41) is 3.40. The maximum atomic E-state index is 6.31. The van der Waals surface area contributed by atoms with Gasteiger partial charge >= 0.3 is 0 Å². The number of nitrogens with zero attached hydrogens (tertiary/aromatic N) is 1. The number of nitrogens with one attached hydrogen (secondary N) is 1. The van der Waals surface area contributed by atoms with E-state index in [1.807, 2.05) is 18.8 Å². The first-order valence-corrected chi connectivity index (χ1v) is 8.06. The monoisotopic (exact) mass is 294 g/mol. The Kier molecular flexibility index (Phi) is 4.06. The molecule has 0 saturated carbocycles. The Morgan fingerprint density at radius 2 is 2.42 bits per heavy atom. The average Bonchev–Trinajstić information content (AvgIpc) is 2.44. The first-order valence-electron chi connectivity index (χ1n) is 6.81. The molecular weight excluding hydrogens is 276 g/mol. The number of likely N-dealkylation sites (N-methyl/N-ethyl adjacent to an activating group) is 1. The second kappa shape index (κ2) is 5.78. The van der Waals surface area contributed by atoms with Crippen molar-refractivity contribution in [2.45, 2.75) is 24.3 Å². The molecular formula is C15H19ClN2S. The largest absolute Gasteiger partial charge is 0.365 e. The summed E-state index contributed by atoms with van der Waals surface area (Å²) in [4.78, 5) is 5.40. The fourth-order valence-electron chi connectivity index (χ4n) is 2.81. The highest BCUT2D eigenvalue weighted by Crippen LogP contribution is 2.45. The van der Waals surface area contributed by atoms with Gasteiger partial charge in [0.25, 0.3) is 0 Å². The van der Waals surface area contributed by atoms with Crippen molar-refractivity contribution in [1.82, 2.24) is 10.2 Å². The molecule has 3 rings (SSSR count). The van der Waals surface area contributed by atoms with Gasteiger partial charge in [-0.1, -0.05) is 36.1 Å². The molecule has 2 nitrogen and oxygen atoms in total. The molecule has 0 saturated heterocycles. The van der Waals surface area contributed by atoms with Crippen LogP contribution in [-0.4, -0.2) is 36.5 Å². The third kappa shape index (κ3) is 2.64. The van der Waals surface area contributed by atoms with Crippen molar-refractivity contribution in [3.63, 3.8) is 0 Å². The number of thioether (sulfide) groups is 1. The minimum absolute atomic E-state index is 0.140. The molecule has 1 aliphatic heterocycles. The van der Waals surface area contributed by atoms with E-state index in [4.69, 9.17) is 11.6 Å². The van der Waals surface area contributed by atoms with Crippen molar-refractivity contribution < 1.29 is 0 Å². The van der Waals surface area contributed by atoms with Gasteiger partial charge in [-0.15, -0.1) is 11.6 Å². The Morgan fingerprint density at radius 3 is 3.26 bits per heavy atom. The molecule has 0 fully saturated rings. The van der Waals surface area contributed by atoms with Gasteiger partial charge in [0.1, 0.15) is 0 Å². The van der Waals surface area contributed by atoms with Crippen molar-refractivity contribution in [3.05, 3.63) is 45.9 Å². The molecule has 3 aliphatic rings. The highest BCUT2D eigenvalue weighted by Gasteiger charge is 2.33. The zero-order chi connectivity index (χ0) is 13.2. The smallest absolute Gasteiger partial charge is 0.0637 e. The van der Waals surface area contributed by atoms with E-state index in [1.54, 1.807) is 0 Å². The molecule has 0 bridgehead atoms. The summed E-state index contributed by atoms with van der Waals surface area (Å²) in [7, 11) is 2.01. The molecule has 0 aromatic carbocycles. The number of alkyl halides is 1. The van der Waals surface area contributed by atoms with E-state index in [1.165, 1.54) is 15.5 Å². The van der Waals surface area contributed by atoms with Crippen molar-refractivity contribution in [2.75, 3.05) is 20.1 Å². The van der Waals surface area contributed by atoms with E-state index in [0.29, 0.717) is 6.04 Å². The van der Waals surface area contributed by atoms with E-state index in [9.17, 15) is 0 Å². The summed E-state index contributed by atoms with van der Waals surface area (Å²) >= 11 is 8.23. The van der Waals surface area contributed by atoms with E-state index in [2.05, 4.69) is 40.6 Å². The van der Waals surface area contributed by atoms with Crippen LogP contribution >= 0.6 is 23.4 Å². The lowest BCUT2D eigenvalue weighted by Gasteiger charge is -2.43. The lowest BCUT2D eigenvalue weighted by Crippen LogP contribution is -2.43. The standard InChI is InChI=1S/C15H19ClN2S/c1-17-8-9-18-12-4-2-3-5-14(12)19-15-7-6-11(16)10-13(15)18/h2-3,5-7,11-12,17H,4,8-10H2,1H3. The molecule has 0 radical (unpaired) electrons. The zero-order valence-corrected chi connectivity index (χ0v) is 12.7. The van der Waals surface area contributed by atoms with Gasteiger partial charge in [0.05, 0.1) is 11.4 Å². The fourth-order valence-corrected chi connectivity index (χ4v) is 4.26. The third-order valence-electron chi connectivity index (χ3n) is 3.77. The predicted molar refractivity (Wildman–Crippen MR) is 84.3 cm³/mol. The highest BCUT2D eigenvalue weighted by atomic mass is 35.5. The van der Waals surface area contributed by atoms with Crippen molar-refractivity contribution in [1.29, 1.82) is 0 Å². The molecule has 2 atom stereocenters. The van der Waals surface area contributed by atoms with E-state index in [-0.39, 0.29) is 5.38 Å². The van der Waals surface area contributed by atoms with Crippen LogP contribution in [0, 0.1) is 0 Å². The summed E-state index contributed by atoms with van der Waals surface area (Å²) in [6.45, 7) is 2.05. The van der Waals surface area contributed by atoms with Crippen LogP contribution in [0.2, 0.25) is 0 Å². The molecule has 0 aromatic heterocycles. The van der Waals surface area contributed by atoms with Crippen molar-refractivity contribution in [3.8, 4) is 0 Å². The Bertz CT molecular complexity index is 479. The maximum Gasteiger partial charge on any atom is 0.0637 e. The average molecular weight is 295 g/mol. The van der Waals surface area contributed by atoms with E-state index < -0.39 is 0 Å². The topological polar surface area (TPSA) is 15.3 Å². The zero-order valence-electron chi connectivity index (χ0n) is 11.1. The summed E-state index contributed by atoms with van der Waals surface area (Å²) in [5.74, 6) is 0. The van der Waals surface area contributed by atoms with Crippen LogP contribution in [0.3, 0.4) is 0 Å². The number of fused-ring (bicyclic) bond motifs is 1. The van der Waals surface area contributed by atoms with Gasteiger partial charge < -0.3 is 10.2 Å². The van der Waals surface area contributed by atoms with Gasteiger partial charge in [0.15, 0.2) is 0 Å². The molecule has 0 spiro atoms. The molecule has 0 aromatic rings. The molecule has 4 heteroatoms. The summed E-state index contributed by atoms with van der Waals surface area (Å²) in [5.41, 5.74) is 1.43. The number of hydrogen-bond acceptors (Lipinski definition) is 3. The summed E-state index contributed by atoms with van der Waals surface area (Å²) < 4.78 is 0. The quantitative estimate of drug-likeness (QED) is 0.805. The fraction of sp³-hybridized carbons (Fsp3) is 0.467. The summed E-state index contributed by atoms with van der Waals surface area (Å²) in [6.07, 6.45) is 13.1. The Labute approximate surface area is 124 Å². The van der Waals surface area contributed by atoms with Gasteiger partial charge in [0, 0.05) is 35.0 Å². The second-order valence-corrected chi connectivity index (χ2v) is 6.71. The number of hydrogen-bond donors (Lipinski definition) is 1. The number of allylic oxidation sites excluding steroid dienone is 5. The molecule has 2 aliphatic carbocycles. The maximum absolute atomic E-state index is 6.31. The first-order chi connectivity index (χ1) is 9.29. The van der Waals surface area contributed by atoms with Crippen LogP contribution in [-0.2, 0) is 0 Å². The van der Waals surface area contributed by atoms with E-state index >= 15 is 0 Å². The van der Waals surface area contributed by atoms with Gasteiger partial charge in [-0.05, 0) is 19.5 Å². The first kappa shape index (κ1) is 13.3. The highest BCUT2D eigenvalue weighted by molar-refractivity contribution is 8.07.